The smallest absolute Gasteiger partial charge is 0.336 e. The molecule has 6 heteroatoms. The quantitative estimate of drug-likeness (QED) is 0.688. The molecular weight excluding hydrogens is 322 g/mol. The van der Waals surface area contributed by atoms with Gasteiger partial charge in [0, 0.05) is 10.5 Å². The van der Waals surface area contributed by atoms with E-state index in [1.165, 1.54) is 0 Å². The summed E-state index contributed by atoms with van der Waals surface area (Å²) in [5, 5.41) is 4.49. The summed E-state index contributed by atoms with van der Waals surface area (Å²) in [6.07, 6.45) is 0.904. The lowest BCUT2D eigenvalue weighted by Gasteiger charge is -2.06. The Labute approximate surface area is 146 Å². The molecule has 1 heterocycles. The summed E-state index contributed by atoms with van der Waals surface area (Å²) < 4.78 is 12.6. The fraction of sp³-hybridized carbons (Fsp3) is 0.222. The van der Waals surface area contributed by atoms with Crippen molar-refractivity contribution in [2.45, 2.75) is 18.2 Å². The maximum atomic E-state index is 5.61. The van der Waals surface area contributed by atoms with Crippen LogP contribution in [0.5, 0.6) is 11.8 Å². The first kappa shape index (κ1) is 16.4. The molecule has 0 spiro atoms. The highest BCUT2D eigenvalue weighted by Gasteiger charge is 2.14. The van der Waals surface area contributed by atoms with Gasteiger partial charge in [-0.3, -0.25) is 0 Å². The topological polar surface area (TPSA) is 49.2 Å². The van der Waals surface area contributed by atoms with Crippen molar-refractivity contribution in [2.24, 2.45) is 0 Å². The first-order valence-electron chi connectivity index (χ1n) is 7.75. The van der Waals surface area contributed by atoms with Gasteiger partial charge in [0.15, 0.2) is 5.82 Å². The summed E-state index contributed by atoms with van der Waals surface area (Å²) in [6.45, 7) is 2.63. The number of ether oxygens (including phenoxy) is 2. The van der Waals surface area contributed by atoms with Gasteiger partial charge in [-0.25, -0.2) is 4.68 Å². The van der Waals surface area contributed by atoms with Crippen molar-refractivity contribution in [3.05, 3.63) is 48.5 Å². The molecule has 5 nitrogen and oxygen atoms in total. The van der Waals surface area contributed by atoms with E-state index in [2.05, 4.69) is 22.7 Å². The highest BCUT2D eigenvalue weighted by Crippen LogP contribution is 2.26. The molecule has 0 N–H and O–H groups in total. The van der Waals surface area contributed by atoms with Crippen LogP contribution in [-0.2, 0) is 0 Å². The maximum absolute atomic E-state index is 5.61. The van der Waals surface area contributed by atoms with E-state index in [0.717, 1.165) is 34.1 Å². The summed E-state index contributed by atoms with van der Waals surface area (Å²) in [7, 11) is 1.65. The molecule has 0 aliphatic heterocycles. The zero-order valence-corrected chi connectivity index (χ0v) is 14.5. The SMILES string of the molecule is CCCOc1nc(-c2ccc(OC)cc2)n(-c2ccc(S)cc2)n1. The van der Waals surface area contributed by atoms with E-state index in [1.807, 2.05) is 55.5 Å². The molecule has 124 valence electrons. The molecule has 24 heavy (non-hydrogen) atoms. The van der Waals surface area contributed by atoms with Gasteiger partial charge < -0.3 is 9.47 Å². The second kappa shape index (κ2) is 7.40. The summed E-state index contributed by atoms with van der Waals surface area (Å²) in [6, 6.07) is 15.8. The summed E-state index contributed by atoms with van der Waals surface area (Å²) in [4.78, 5) is 5.44. The van der Waals surface area contributed by atoms with E-state index >= 15 is 0 Å². The lowest BCUT2D eigenvalue weighted by atomic mass is 10.2. The third-order valence-electron chi connectivity index (χ3n) is 3.47. The molecule has 0 saturated heterocycles. The Bertz CT molecular complexity index is 798. The van der Waals surface area contributed by atoms with Gasteiger partial charge in [0.2, 0.25) is 0 Å². The minimum absolute atomic E-state index is 0.373. The molecule has 0 unspecified atom stereocenters. The van der Waals surface area contributed by atoms with Gasteiger partial charge >= 0.3 is 6.01 Å². The van der Waals surface area contributed by atoms with E-state index in [9.17, 15) is 0 Å². The number of benzene rings is 2. The van der Waals surface area contributed by atoms with Gasteiger partial charge in [-0.1, -0.05) is 6.92 Å². The van der Waals surface area contributed by atoms with Crippen LogP contribution in [0.25, 0.3) is 17.1 Å². The van der Waals surface area contributed by atoms with Gasteiger partial charge in [0.1, 0.15) is 5.75 Å². The van der Waals surface area contributed by atoms with E-state index in [-0.39, 0.29) is 0 Å². The second-order valence-electron chi connectivity index (χ2n) is 5.22. The monoisotopic (exact) mass is 341 g/mol. The molecule has 0 saturated carbocycles. The number of rotatable bonds is 6. The molecule has 0 aliphatic carbocycles. The Balaban J connectivity index is 2.04. The van der Waals surface area contributed by atoms with Crippen LogP contribution < -0.4 is 9.47 Å². The van der Waals surface area contributed by atoms with Gasteiger partial charge in [-0.05, 0) is 55.0 Å². The molecule has 3 rings (SSSR count). The maximum Gasteiger partial charge on any atom is 0.336 e. The van der Waals surface area contributed by atoms with Crippen LogP contribution >= 0.6 is 12.6 Å². The van der Waals surface area contributed by atoms with Crippen LogP contribution in [0.15, 0.2) is 53.4 Å². The standard InChI is InChI=1S/C18H19N3O2S/c1-3-12-23-18-19-17(13-4-8-15(22-2)9-5-13)21(20-18)14-6-10-16(24)11-7-14/h4-11,24H,3,12H2,1-2H3. The molecule has 2 aromatic carbocycles. The van der Waals surface area contributed by atoms with E-state index < -0.39 is 0 Å². The predicted molar refractivity (Wildman–Crippen MR) is 96.4 cm³/mol. The largest absolute Gasteiger partial charge is 0.497 e. The first-order chi connectivity index (χ1) is 11.7. The average Bonchev–Trinajstić information content (AvgIpc) is 3.05. The zero-order chi connectivity index (χ0) is 16.9. The Hall–Kier alpha value is -2.47. The van der Waals surface area contributed by atoms with Crippen LogP contribution in [0.3, 0.4) is 0 Å². The van der Waals surface area contributed by atoms with E-state index in [1.54, 1.807) is 11.8 Å². The molecular formula is C18H19N3O2S. The molecule has 0 bridgehead atoms. The molecule has 0 amide bonds. The van der Waals surface area contributed by atoms with Crippen LogP contribution in [0.4, 0.5) is 0 Å². The van der Waals surface area contributed by atoms with Crippen molar-refractivity contribution in [2.75, 3.05) is 13.7 Å². The van der Waals surface area contributed by atoms with Crippen molar-refractivity contribution in [1.82, 2.24) is 14.8 Å². The van der Waals surface area contributed by atoms with Crippen molar-refractivity contribution in [3.8, 4) is 28.8 Å². The van der Waals surface area contributed by atoms with E-state index in [0.29, 0.717) is 12.6 Å². The number of nitrogens with zero attached hydrogens (tertiary/aromatic N) is 3. The Morgan fingerprint density at radius 2 is 1.75 bits per heavy atom. The Kier molecular flexibility index (Phi) is 5.05. The number of aromatic nitrogens is 3. The third-order valence-corrected chi connectivity index (χ3v) is 3.76. The fourth-order valence-corrected chi connectivity index (χ4v) is 2.40. The Morgan fingerprint density at radius 1 is 1.04 bits per heavy atom. The lowest BCUT2D eigenvalue weighted by molar-refractivity contribution is 0.292. The zero-order valence-electron chi connectivity index (χ0n) is 13.6. The number of methoxy groups -OCH3 is 1. The van der Waals surface area contributed by atoms with Crippen molar-refractivity contribution in [1.29, 1.82) is 0 Å². The highest BCUT2D eigenvalue weighted by molar-refractivity contribution is 7.80. The highest BCUT2D eigenvalue weighted by atomic mass is 32.1. The lowest BCUT2D eigenvalue weighted by Crippen LogP contribution is -2.00. The van der Waals surface area contributed by atoms with Gasteiger partial charge in [-0.2, -0.15) is 4.98 Å². The number of hydrogen-bond donors (Lipinski definition) is 1. The molecule has 0 aliphatic rings. The van der Waals surface area contributed by atoms with Crippen LogP contribution in [0.2, 0.25) is 0 Å². The van der Waals surface area contributed by atoms with Gasteiger partial charge in [0.25, 0.3) is 0 Å². The summed E-state index contributed by atoms with van der Waals surface area (Å²) in [5.41, 5.74) is 1.84. The van der Waals surface area contributed by atoms with E-state index in [4.69, 9.17) is 9.47 Å². The van der Waals surface area contributed by atoms with Crippen molar-refractivity contribution < 1.29 is 9.47 Å². The fourth-order valence-electron chi connectivity index (χ4n) is 2.25. The molecule has 0 radical (unpaired) electrons. The molecule has 0 fully saturated rings. The van der Waals surface area contributed by atoms with Crippen molar-refractivity contribution >= 4 is 12.6 Å². The van der Waals surface area contributed by atoms with Crippen LogP contribution in [0.1, 0.15) is 13.3 Å². The third kappa shape index (κ3) is 3.54. The van der Waals surface area contributed by atoms with Crippen molar-refractivity contribution in [3.63, 3.8) is 0 Å². The Morgan fingerprint density at radius 3 is 2.38 bits per heavy atom. The second-order valence-corrected chi connectivity index (χ2v) is 5.74. The average molecular weight is 341 g/mol. The minimum Gasteiger partial charge on any atom is -0.497 e. The predicted octanol–water partition coefficient (Wildman–Crippen LogP) is 4.02. The number of thiol groups is 1. The van der Waals surface area contributed by atoms with Crippen LogP contribution in [-0.4, -0.2) is 28.5 Å². The number of hydrogen-bond acceptors (Lipinski definition) is 5. The molecule has 0 atom stereocenters. The minimum atomic E-state index is 0.373. The first-order valence-corrected chi connectivity index (χ1v) is 8.19. The normalized spacial score (nSPS) is 10.6. The summed E-state index contributed by atoms with van der Waals surface area (Å²) >= 11 is 4.33. The van der Waals surface area contributed by atoms with Gasteiger partial charge in [-0.15, -0.1) is 17.7 Å². The van der Waals surface area contributed by atoms with Crippen LogP contribution in [0, 0.1) is 0 Å². The molecule has 1 aromatic heterocycles. The summed E-state index contributed by atoms with van der Waals surface area (Å²) in [5.74, 6) is 1.52. The van der Waals surface area contributed by atoms with Gasteiger partial charge in [0.05, 0.1) is 19.4 Å². The molecule has 3 aromatic rings.